The summed E-state index contributed by atoms with van der Waals surface area (Å²) < 4.78 is 15.1. The normalized spacial score (nSPS) is 27.2. The minimum absolute atomic E-state index is 0. The minimum Gasteiger partial charge on any atom is -0.846 e. The van der Waals surface area contributed by atoms with Gasteiger partial charge in [-0.3, -0.25) is 9.59 Å². The monoisotopic (exact) mass is 440 g/mol. The van der Waals surface area contributed by atoms with Crippen LogP contribution in [0.4, 0.5) is 0 Å². The van der Waals surface area contributed by atoms with Crippen LogP contribution in [0.1, 0.15) is 40.0 Å². The standard InChI is InChI=1S/C11H18N2O3.C6H10O3.C2H6O2.Na/c1-4-6-7(3)11(5-2)8(14)12-10(16)13-9(11)15;1(5-3-8-5)7-2-6-4-9-6;3-1-2-4;/h7H,4-6H2,1-3H3,(H2,12,13,14,15,16);5-6H,1-4H2;3-4H,1-2H2;/q;;;+1/p-1. The van der Waals surface area contributed by atoms with E-state index in [0.717, 1.165) is 39.3 Å². The Hall–Kier alpha value is -0.590. The van der Waals surface area contributed by atoms with Crippen LogP contribution in [0.15, 0.2) is 4.99 Å². The number of aliphatic imine (C=N–C) groups is 1. The van der Waals surface area contributed by atoms with E-state index in [2.05, 4.69) is 10.3 Å². The molecular weight excluding hydrogens is 407 g/mol. The first-order valence-corrected chi connectivity index (χ1v) is 9.99. The summed E-state index contributed by atoms with van der Waals surface area (Å²) >= 11 is 0. The first-order chi connectivity index (χ1) is 13.8. The van der Waals surface area contributed by atoms with Gasteiger partial charge >= 0.3 is 29.6 Å². The quantitative estimate of drug-likeness (QED) is 0.186. The van der Waals surface area contributed by atoms with Crippen molar-refractivity contribution in [2.75, 3.05) is 39.6 Å². The number of hydrogen-bond donors (Lipinski definition) is 3. The fourth-order valence-electron chi connectivity index (χ4n) is 2.96. The molecule has 0 saturated carbocycles. The maximum atomic E-state index is 11.9. The van der Waals surface area contributed by atoms with Crippen molar-refractivity contribution in [1.82, 2.24) is 5.32 Å². The van der Waals surface area contributed by atoms with Crippen LogP contribution in [-0.2, 0) is 23.8 Å². The van der Waals surface area contributed by atoms with Gasteiger partial charge in [0.25, 0.3) is 5.91 Å². The predicted octanol–water partition coefficient (Wildman–Crippen LogP) is -4.03. The van der Waals surface area contributed by atoms with Gasteiger partial charge in [0.2, 0.25) is 5.91 Å². The minimum atomic E-state index is -1.15. The number of carbonyl (C=O) groups is 2. The van der Waals surface area contributed by atoms with Crippen LogP contribution in [0.3, 0.4) is 0 Å². The summed E-state index contributed by atoms with van der Waals surface area (Å²) in [4.78, 5) is 27.1. The van der Waals surface area contributed by atoms with Gasteiger partial charge in [0.1, 0.15) is 17.6 Å². The molecule has 2 saturated heterocycles. The number of epoxide rings is 2. The van der Waals surface area contributed by atoms with Gasteiger partial charge < -0.3 is 34.8 Å². The van der Waals surface area contributed by atoms with Crippen molar-refractivity contribution >= 4 is 17.8 Å². The van der Waals surface area contributed by atoms with E-state index in [9.17, 15) is 14.7 Å². The van der Waals surface area contributed by atoms with Crippen LogP contribution in [0, 0.1) is 11.3 Å². The number of nitrogens with zero attached hydrogens (tertiary/aromatic N) is 1. The molecule has 3 rings (SSSR count). The number of aliphatic hydroxyl groups is 2. The number of aliphatic hydroxyl groups excluding tert-OH is 2. The van der Waals surface area contributed by atoms with E-state index >= 15 is 0 Å². The Morgan fingerprint density at radius 3 is 2.03 bits per heavy atom. The number of hydrogen-bond acceptors (Lipinski definition) is 8. The molecule has 168 valence electrons. The van der Waals surface area contributed by atoms with E-state index in [1.54, 1.807) is 6.92 Å². The van der Waals surface area contributed by atoms with Gasteiger partial charge in [-0.05, 0) is 18.8 Å². The zero-order valence-electron chi connectivity index (χ0n) is 18.4. The van der Waals surface area contributed by atoms with Crippen molar-refractivity contribution in [3.05, 3.63) is 0 Å². The Balaban J connectivity index is 0.000000503. The molecule has 4 unspecified atom stereocenters. The molecule has 10 nitrogen and oxygen atoms in total. The number of nitrogens with one attached hydrogen (secondary N) is 1. The third-order valence-corrected chi connectivity index (χ3v) is 4.84. The Bertz CT molecular complexity index is 541. The number of carbonyl (C=O) groups excluding carboxylic acids is 2. The molecule has 3 aliphatic heterocycles. The molecule has 2 amide bonds. The largest absolute Gasteiger partial charge is 1.00 e. The molecule has 0 aromatic carbocycles. The summed E-state index contributed by atoms with van der Waals surface area (Å²) in [5, 5.41) is 28.3. The van der Waals surface area contributed by atoms with E-state index in [4.69, 9.17) is 24.4 Å². The molecule has 3 N–H and O–H groups in total. The van der Waals surface area contributed by atoms with Crippen molar-refractivity contribution in [2.45, 2.75) is 52.2 Å². The van der Waals surface area contributed by atoms with Gasteiger partial charge in [-0.1, -0.05) is 27.2 Å². The van der Waals surface area contributed by atoms with Crippen LogP contribution in [0.5, 0.6) is 0 Å². The Labute approximate surface area is 199 Å². The van der Waals surface area contributed by atoms with Gasteiger partial charge in [-0.25, -0.2) is 4.99 Å². The van der Waals surface area contributed by atoms with Crippen LogP contribution >= 0.6 is 0 Å². The molecule has 0 aliphatic carbocycles. The molecule has 11 heteroatoms. The van der Waals surface area contributed by atoms with Crippen molar-refractivity contribution in [2.24, 2.45) is 16.3 Å². The smallest absolute Gasteiger partial charge is 0.846 e. The fraction of sp³-hybridized carbons (Fsp3) is 0.842. The number of ether oxygens (including phenoxy) is 3. The topological polar surface area (TPSA) is 156 Å². The fourth-order valence-corrected chi connectivity index (χ4v) is 2.96. The summed E-state index contributed by atoms with van der Waals surface area (Å²) in [6, 6.07) is -0.845. The zero-order valence-corrected chi connectivity index (χ0v) is 20.4. The molecule has 2 fully saturated rings. The maximum absolute atomic E-state index is 11.9. The molecule has 0 spiro atoms. The average molecular weight is 440 g/mol. The Kier molecular flexibility index (Phi) is 15.0. The number of rotatable bonds is 9. The summed E-state index contributed by atoms with van der Waals surface area (Å²) in [6.07, 6.45) is 2.80. The van der Waals surface area contributed by atoms with E-state index in [-0.39, 0.29) is 48.7 Å². The van der Waals surface area contributed by atoms with Crippen molar-refractivity contribution in [3.8, 4) is 0 Å². The van der Waals surface area contributed by atoms with Crippen LogP contribution in [-0.4, -0.2) is 79.9 Å². The molecule has 0 bridgehead atoms. The second-order valence-corrected chi connectivity index (χ2v) is 7.09. The third-order valence-electron chi connectivity index (χ3n) is 4.84. The van der Waals surface area contributed by atoms with Crippen molar-refractivity contribution in [1.29, 1.82) is 0 Å². The number of amides is 2. The molecule has 4 atom stereocenters. The third kappa shape index (κ3) is 9.69. The van der Waals surface area contributed by atoms with Crippen LogP contribution in [0.25, 0.3) is 0 Å². The molecule has 0 aromatic heterocycles. The Morgan fingerprint density at radius 2 is 1.70 bits per heavy atom. The second kappa shape index (κ2) is 15.3. The summed E-state index contributed by atoms with van der Waals surface area (Å²) in [5.74, 6) is -1.20. The SMILES string of the molecule is C(OCC1CO1)C1CO1.CCCC(C)C1(CC)C(=O)N=C([O-])NC1=O.OCCO.[Na+]. The first kappa shape index (κ1) is 29.4. The van der Waals surface area contributed by atoms with Gasteiger partial charge in [0, 0.05) is 0 Å². The zero-order chi connectivity index (χ0) is 21.9. The van der Waals surface area contributed by atoms with Gasteiger partial charge in [0.15, 0.2) is 0 Å². The van der Waals surface area contributed by atoms with Gasteiger partial charge in [-0.15, -0.1) is 0 Å². The number of amidine groups is 1. The maximum Gasteiger partial charge on any atom is 1.00 e. The van der Waals surface area contributed by atoms with Crippen LogP contribution < -0.4 is 40.0 Å². The molecule has 0 radical (unpaired) electrons. The summed E-state index contributed by atoms with van der Waals surface area (Å²) in [6.45, 7) is 8.63. The van der Waals surface area contributed by atoms with E-state index in [0.29, 0.717) is 18.6 Å². The molecule has 0 aromatic rings. The molecule has 3 heterocycles. The predicted molar refractivity (Wildman–Crippen MR) is 102 cm³/mol. The first-order valence-electron chi connectivity index (χ1n) is 9.99. The van der Waals surface area contributed by atoms with Crippen LogP contribution in [0.2, 0.25) is 0 Å². The van der Waals surface area contributed by atoms with E-state index in [1.807, 2.05) is 13.8 Å². The average Bonchev–Trinajstić information content (AvgIpc) is 3.59. The second-order valence-electron chi connectivity index (χ2n) is 7.09. The molecule has 3 aliphatic rings. The molecule has 30 heavy (non-hydrogen) atoms. The van der Waals surface area contributed by atoms with E-state index in [1.165, 1.54) is 0 Å². The van der Waals surface area contributed by atoms with E-state index < -0.39 is 23.3 Å². The molecular formula is C19H33N2NaO8. The van der Waals surface area contributed by atoms with Gasteiger partial charge in [-0.2, -0.15) is 0 Å². The van der Waals surface area contributed by atoms with Crippen molar-refractivity contribution in [3.63, 3.8) is 0 Å². The summed E-state index contributed by atoms with van der Waals surface area (Å²) in [5.41, 5.74) is -1.15. The Morgan fingerprint density at radius 1 is 1.20 bits per heavy atom. The van der Waals surface area contributed by atoms with Gasteiger partial charge in [0.05, 0.1) is 45.7 Å². The van der Waals surface area contributed by atoms with Crippen molar-refractivity contribution < 1.29 is 68.7 Å². The summed E-state index contributed by atoms with van der Waals surface area (Å²) in [7, 11) is 0.